The molecule has 0 saturated carbocycles. The second-order valence-electron chi connectivity index (χ2n) is 7.40. The number of fused-ring (bicyclic) bond motifs is 1. The molecule has 0 radical (unpaired) electrons. The number of thioether (sulfide) groups is 1. The van der Waals surface area contributed by atoms with Gasteiger partial charge >= 0.3 is 0 Å². The van der Waals surface area contributed by atoms with Crippen LogP contribution in [0.5, 0.6) is 0 Å². The Morgan fingerprint density at radius 2 is 1.46 bits per heavy atom. The Hall–Kier alpha value is -1.88. The molecule has 28 heavy (non-hydrogen) atoms. The third kappa shape index (κ3) is 6.62. The van der Waals surface area contributed by atoms with E-state index in [0.717, 1.165) is 27.7 Å². The molecule has 0 aliphatic rings. The zero-order valence-corrected chi connectivity index (χ0v) is 17.8. The lowest BCUT2D eigenvalue weighted by atomic mass is 10.1. The molecule has 0 amide bonds. The minimum Gasteiger partial charge on any atom is -0.306 e. The van der Waals surface area contributed by atoms with Crippen LogP contribution in [0.25, 0.3) is 16.8 Å². The molecular formula is C23H32N4S. The van der Waals surface area contributed by atoms with E-state index in [1.807, 2.05) is 35.3 Å². The van der Waals surface area contributed by atoms with E-state index in [0.29, 0.717) is 0 Å². The number of pyridine rings is 1. The monoisotopic (exact) mass is 396 g/mol. The molecule has 0 atom stereocenters. The summed E-state index contributed by atoms with van der Waals surface area (Å²) in [5.41, 5.74) is 3.10. The van der Waals surface area contributed by atoms with Gasteiger partial charge in [-0.15, -0.1) is 0 Å². The summed E-state index contributed by atoms with van der Waals surface area (Å²) in [6.07, 6.45) is 23.4. The van der Waals surface area contributed by atoms with E-state index in [2.05, 4.69) is 34.1 Å². The molecule has 5 heteroatoms. The highest BCUT2D eigenvalue weighted by Gasteiger charge is 2.03. The maximum absolute atomic E-state index is 4.53. The van der Waals surface area contributed by atoms with Gasteiger partial charge in [0.25, 0.3) is 0 Å². The summed E-state index contributed by atoms with van der Waals surface area (Å²) in [6, 6.07) is 4.08. The number of unbranched alkanes of at least 4 members (excludes halogenated alkanes) is 9. The molecule has 0 N–H and O–H groups in total. The largest absolute Gasteiger partial charge is 0.306 e. The maximum atomic E-state index is 4.53. The first-order valence-electron chi connectivity index (χ1n) is 10.7. The smallest absolute Gasteiger partial charge is 0.187 e. The van der Waals surface area contributed by atoms with Crippen LogP contribution in [-0.2, 0) is 0 Å². The summed E-state index contributed by atoms with van der Waals surface area (Å²) in [5, 5.41) is 0.878. The molecule has 150 valence electrons. The van der Waals surface area contributed by atoms with Crippen LogP contribution in [0.4, 0.5) is 0 Å². The maximum Gasteiger partial charge on any atom is 0.187 e. The lowest BCUT2D eigenvalue weighted by Gasteiger charge is -2.04. The molecule has 0 aliphatic heterocycles. The van der Waals surface area contributed by atoms with Gasteiger partial charge in [-0.3, -0.25) is 0 Å². The van der Waals surface area contributed by atoms with Crippen molar-refractivity contribution in [2.45, 2.75) is 76.3 Å². The Morgan fingerprint density at radius 1 is 0.786 bits per heavy atom. The van der Waals surface area contributed by atoms with Gasteiger partial charge in [0.2, 0.25) is 0 Å². The Bertz CT molecular complexity index is 813. The van der Waals surface area contributed by atoms with Gasteiger partial charge in [0.15, 0.2) is 5.16 Å². The van der Waals surface area contributed by atoms with Gasteiger partial charge in [0.1, 0.15) is 5.65 Å². The lowest BCUT2D eigenvalue weighted by molar-refractivity contribution is 0.563. The highest BCUT2D eigenvalue weighted by atomic mass is 32.2. The fourth-order valence-corrected chi connectivity index (χ4v) is 4.17. The van der Waals surface area contributed by atoms with Gasteiger partial charge in [0.05, 0.1) is 0 Å². The molecule has 0 aromatic carbocycles. The van der Waals surface area contributed by atoms with Crippen LogP contribution in [0, 0.1) is 0 Å². The lowest BCUT2D eigenvalue weighted by Crippen LogP contribution is -1.91. The van der Waals surface area contributed by atoms with E-state index in [9.17, 15) is 0 Å². The number of hydrogen-bond acceptors (Lipinski definition) is 4. The first-order valence-corrected chi connectivity index (χ1v) is 11.7. The molecule has 0 bridgehead atoms. The third-order valence-electron chi connectivity index (χ3n) is 5.08. The standard InChI is InChI=1S/C23H32N4S/c1-2-3-4-5-6-7-8-9-10-11-16-28-23-25-17-21(18-26-23)20-12-13-22-24-14-15-27(22)19-20/h12-15,17-19H,2-11,16H2,1H3. The predicted molar refractivity (Wildman–Crippen MR) is 119 cm³/mol. The van der Waals surface area contributed by atoms with Crippen LogP contribution in [0.1, 0.15) is 71.1 Å². The fraction of sp³-hybridized carbons (Fsp3) is 0.522. The second-order valence-corrected chi connectivity index (χ2v) is 8.46. The first-order chi connectivity index (χ1) is 13.9. The molecular weight excluding hydrogens is 364 g/mol. The van der Waals surface area contributed by atoms with Gasteiger partial charge in [-0.05, 0) is 18.6 Å². The van der Waals surface area contributed by atoms with E-state index in [-0.39, 0.29) is 0 Å². The van der Waals surface area contributed by atoms with Gasteiger partial charge in [-0.2, -0.15) is 0 Å². The van der Waals surface area contributed by atoms with Gasteiger partial charge in [-0.1, -0.05) is 76.5 Å². The molecule has 3 heterocycles. The van der Waals surface area contributed by atoms with E-state index in [1.54, 1.807) is 11.8 Å². The molecule has 3 rings (SSSR count). The van der Waals surface area contributed by atoms with Crippen molar-refractivity contribution in [2.24, 2.45) is 0 Å². The van der Waals surface area contributed by atoms with Gasteiger partial charge in [0, 0.05) is 47.9 Å². The zero-order valence-electron chi connectivity index (χ0n) is 17.0. The van der Waals surface area contributed by atoms with Crippen LogP contribution in [-0.4, -0.2) is 25.1 Å². The van der Waals surface area contributed by atoms with E-state index >= 15 is 0 Å². The molecule has 3 aromatic rings. The van der Waals surface area contributed by atoms with E-state index in [4.69, 9.17) is 0 Å². The van der Waals surface area contributed by atoms with Crippen LogP contribution >= 0.6 is 11.8 Å². The summed E-state index contributed by atoms with van der Waals surface area (Å²) >= 11 is 1.77. The highest BCUT2D eigenvalue weighted by molar-refractivity contribution is 7.99. The Labute approximate surface area is 173 Å². The molecule has 0 fully saturated rings. The fourth-order valence-electron chi connectivity index (χ4n) is 3.38. The first kappa shape index (κ1) is 20.8. The Morgan fingerprint density at radius 3 is 2.18 bits per heavy atom. The normalized spacial score (nSPS) is 11.3. The average molecular weight is 397 g/mol. The van der Waals surface area contributed by atoms with Crippen LogP contribution in [0.3, 0.4) is 0 Å². The molecule has 0 aliphatic carbocycles. The van der Waals surface area contributed by atoms with Crippen molar-refractivity contribution in [3.8, 4) is 11.1 Å². The van der Waals surface area contributed by atoms with Crippen molar-refractivity contribution in [1.29, 1.82) is 0 Å². The SMILES string of the molecule is CCCCCCCCCCCCSc1ncc(-c2ccc3nccn3c2)cn1. The summed E-state index contributed by atoms with van der Waals surface area (Å²) in [6.45, 7) is 2.28. The van der Waals surface area contributed by atoms with Gasteiger partial charge in [-0.25, -0.2) is 15.0 Å². The molecule has 0 saturated heterocycles. The third-order valence-corrected chi connectivity index (χ3v) is 6.04. The molecule has 4 nitrogen and oxygen atoms in total. The molecule has 0 spiro atoms. The van der Waals surface area contributed by atoms with Crippen molar-refractivity contribution in [2.75, 3.05) is 5.75 Å². The molecule has 3 aromatic heterocycles. The Kier molecular flexibility index (Phi) is 8.82. The summed E-state index contributed by atoms with van der Waals surface area (Å²) in [7, 11) is 0. The number of nitrogens with zero attached hydrogens (tertiary/aromatic N) is 4. The summed E-state index contributed by atoms with van der Waals surface area (Å²) in [5.74, 6) is 1.11. The quantitative estimate of drug-likeness (QED) is 0.181. The summed E-state index contributed by atoms with van der Waals surface area (Å²) in [4.78, 5) is 13.3. The molecule has 0 unspecified atom stereocenters. The summed E-state index contributed by atoms with van der Waals surface area (Å²) < 4.78 is 2.02. The van der Waals surface area contributed by atoms with Crippen molar-refractivity contribution in [1.82, 2.24) is 19.4 Å². The zero-order chi connectivity index (χ0) is 19.4. The number of rotatable bonds is 13. The average Bonchev–Trinajstić information content (AvgIpc) is 3.20. The van der Waals surface area contributed by atoms with Crippen LogP contribution < -0.4 is 0 Å². The Balaban J connectivity index is 1.30. The number of aromatic nitrogens is 4. The van der Waals surface area contributed by atoms with Gasteiger partial charge < -0.3 is 4.40 Å². The van der Waals surface area contributed by atoms with Crippen LogP contribution in [0.15, 0.2) is 48.3 Å². The van der Waals surface area contributed by atoms with E-state index in [1.165, 1.54) is 64.2 Å². The highest BCUT2D eigenvalue weighted by Crippen LogP contribution is 2.21. The van der Waals surface area contributed by atoms with Crippen molar-refractivity contribution in [3.63, 3.8) is 0 Å². The van der Waals surface area contributed by atoms with Crippen molar-refractivity contribution >= 4 is 17.4 Å². The second kappa shape index (κ2) is 11.8. The van der Waals surface area contributed by atoms with Crippen LogP contribution in [0.2, 0.25) is 0 Å². The number of hydrogen-bond donors (Lipinski definition) is 0. The van der Waals surface area contributed by atoms with Crippen molar-refractivity contribution < 1.29 is 0 Å². The van der Waals surface area contributed by atoms with Crippen molar-refractivity contribution in [3.05, 3.63) is 43.1 Å². The number of imidazole rings is 1. The van der Waals surface area contributed by atoms with E-state index < -0.39 is 0 Å². The minimum atomic E-state index is 0.878. The minimum absolute atomic E-state index is 0.878. The topological polar surface area (TPSA) is 43.1 Å². The predicted octanol–water partition coefficient (Wildman–Crippen LogP) is 6.80.